The third-order valence-corrected chi connectivity index (χ3v) is 6.46. The lowest BCUT2D eigenvalue weighted by Gasteiger charge is -2.36. The Morgan fingerprint density at radius 2 is 1.55 bits per heavy atom. The van der Waals surface area contributed by atoms with Crippen LogP contribution in [0.25, 0.3) is 6.08 Å². The van der Waals surface area contributed by atoms with Crippen LogP contribution < -0.4 is 19.3 Å². The summed E-state index contributed by atoms with van der Waals surface area (Å²) in [6, 6.07) is 11.3. The Balaban J connectivity index is 1.58. The topological polar surface area (TPSA) is 76.2 Å². The number of hydrogen-bond donors (Lipinski definition) is 0. The normalized spacial score (nSPS) is 25.9. The third-order valence-electron chi connectivity index (χ3n) is 6.46. The second-order valence-electron chi connectivity index (χ2n) is 8.00. The van der Waals surface area contributed by atoms with Crippen molar-refractivity contribution in [1.29, 1.82) is 0 Å². The first-order valence-electron chi connectivity index (χ1n) is 10.1. The summed E-state index contributed by atoms with van der Waals surface area (Å²) in [4.78, 5) is 42.9. The zero-order valence-corrected chi connectivity index (χ0v) is 17.4. The van der Waals surface area contributed by atoms with Crippen molar-refractivity contribution in [2.45, 2.75) is 19.0 Å². The van der Waals surface area contributed by atoms with Gasteiger partial charge in [0, 0.05) is 11.3 Å². The minimum Gasteiger partial charge on any atom is -0.497 e. The fraction of sp³-hybridized carbons (Fsp3) is 0.292. The summed E-state index contributed by atoms with van der Waals surface area (Å²) < 4.78 is 10.5. The number of nitrogens with zero attached hydrogens (tertiary/aromatic N) is 2. The Hall–Kier alpha value is -3.61. The van der Waals surface area contributed by atoms with E-state index in [4.69, 9.17) is 9.47 Å². The molecule has 0 spiro atoms. The molecule has 3 aliphatic heterocycles. The average Bonchev–Trinajstić information content (AvgIpc) is 3.26. The van der Waals surface area contributed by atoms with Gasteiger partial charge in [0.25, 0.3) is 0 Å². The highest BCUT2D eigenvalue weighted by Crippen LogP contribution is 2.49. The van der Waals surface area contributed by atoms with Crippen molar-refractivity contribution in [1.82, 2.24) is 0 Å². The Kier molecular flexibility index (Phi) is 4.36. The van der Waals surface area contributed by atoms with Gasteiger partial charge in [-0.15, -0.1) is 0 Å². The van der Waals surface area contributed by atoms with Crippen LogP contribution in [0.4, 0.5) is 11.4 Å². The molecule has 7 heteroatoms. The van der Waals surface area contributed by atoms with Crippen molar-refractivity contribution in [3.63, 3.8) is 0 Å². The van der Waals surface area contributed by atoms with Gasteiger partial charge in [-0.25, -0.2) is 4.90 Å². The highest BCUT2D eigenvalue weighted by atomic mass is 16.5. The van der Waals surface area contributed by atoms with E-state index in [1.807, 2.05) is 35.3 Å². The third kappa shape index (κ3) is 2.69. The number of hydrogen-bond acceptors (Lipinski definition) is 6. The van der Waals surface area contributed by atoms with Gasteiger partial charge in [0.15, 0.2) is 5.78 Å². The van der Waals surface area contributed by atoms with Gasteiger partial charge in [-0.3, -0.25) is 14.4 Å². The molecule has 0 aromatic heterocycles. The van der Waals surface area contributed by atoms with Crippen LogP contribution in [0.15, 0.2) is 48.5 Å². The maximum Gasteiger partial charge on any atom is 0.240 e. The summed E-state index contributed by atoms with van der Waals surface area (Å²) in [5.74, 6) is -0.743. The lowest BCUT2D eigenvalue weighted by Crippen LogP contribution is -2.48. The molecule has 2 saturated heterocycles. The van der Waals surface area contributed by atoms with Crippen LogP contribution in [0.5, 0.6) is 11.5 Å². The summed E-state index contributed by atoms with van der Waals surface area (Å²) in [6.07, 6.45) is 3.86. The second-order valence-corrected chi connectivity index (χ2v) is 8.00. The SMILES string of the molecule is COc1ccc(N2C(=O)C3C(C2=O)C(C(C)=O)N2c4ccc(OC)cc4C=CC32)cc1. The standard InChI is InChI=1S/C24H22N2O5/c1-13(27)22-21-20(19-10-4-14-12-17(31-3)9-11-18(14)26(19)22)23(28)25(24(21)29)15-5-7-16(30-2)8-6-15/h4-12,19-22H,1-3H3. The van der Waals surface area contributed by atoms with Crippen LogP contribution >= 0.6 is 0 Å². The number of ketones is 1. The van der Waals surface area contributed by atoms with E-state index in [1.165, 1.54) is 11.8 Å². The van der Waals surface area contributed by atoms with Gasteiger partial charge < -0.3 is 14.4 Å². The number of carbonyl (C=O) groups excluding carboxylic acids is 3. The average molecular weight is 418 g/mol. The monoisotopic (exact) mass is 418 g/mol. The quantitative estimate of drug-likeness (QED) is 0.711. The number of benzene rings is 2. The van der Waals surface area contributed by atoms with Gasteiger partial charge in [0.1, 0.15) is 17.5 Å². The van der Waals surface area contributed by atoms with E-state index in [1.54, 1.807) is 38.5 Å². The van der Waals surface area contributed by atoms with E-state index in [0.29, 0.717) is 17.2 Å². The van der Waals surface area contributed by atoms with Crippen molar-refractivity contribution in [2.75, 3.05) is 24.0 Å². The fourth-order valence-electron chi connectivity index (χ4n) is 5.12. The van der Waals surface area contributed by atoms with Gasteiger partial charge in [-0.05, 0) is 49.4 Å². The fourth-order valence-corrected chi connectivity index (χ4v) is 5.12. The molecular formula is C24H22N2O5. The van der Waals surface area contributed by atoms with Crippen LogP contribution in [-0.2, 0) is 14.4 Å². The van der Waals surface area contributed by atoms with Crippen molar-refractivity contribution >= 4 is 35.0 Å². The van der Waals surface area contributed by atoms with Crippen molar-refractivity contribution < 1.29 is 23.9 Å². The number of imide groups is 1. The molecule has 4 unspecified atom stereocenters. The molecule has 2 aromatic rings. The second kappa shape index (κ2) is 6.97. The predicted octanol–water partition coefficient (Wildman–Crippen LogP) is 2.68. The van der Waals surface area contributed by atoms with Crippen LogP contribution in [0, 0.1) is 11.8 Å². The van der Waals surface area contributed by atoms with Gasteiger partial charge in [0.2, 0.25) is 11.8 Å². The van der Waals surface area contributed by atoms with E-state index < -0.39 is 17.9 Å². The predicted molar refractivity (Wildman–Crippen MR) is 115 cm³/mol. The van der Waals surface area contributed by atoms with E-state index >= 15 is 0 Å². The smallest absolute Gasteiger partial charge is 0.240 e. The summed E-state index contributed by atoms with van der Waals surface area (Å²) in [6.45, 7) is 1.49. The van der Waals surface area contributed by atoms with Gasteiger partial charge in [-0.1, -0.05) is 12.2 Å². The van der Waals surface area contributed by atoms with E-state index in [-0.39, 0.29) is 23.6 Å². The van der Waals surface area contributed by atoms with Gasteiger partial charge in [-0.2, -0.15) is 0 Å². The molecular weight excluding hydrogens is 396 g/mol. The Bertz CT molecular complexity index is 1120. The summed E-state index contributed by atoms with van der Waals surface area (Å²) >= 11 is 0. The van der Waals surface area contributed by atoms with E-state index in [2.05, 4.69) is 0 Å². The molecule has 3 aliphatic rings. The molecule has 31 heavy (non-hydrogen) atoms. The molecule has 0 bridgehead atoms. The van der Waals surface area contributed by atoms with Crippen LogP contribution in [-0.4, -0.2) is 43.9 Å². The van der Waals surface area contributed by atoms with Crippen molar-refractivity contribution in [3.8, 4) is 11.5 Å². The molecule has 4 atom stereocenters. The Morgan fingerprint density at radius 3 is 2.19 bits per heavy atom. The number of anilines is 2. The minimum atomic E-state index is -0.727. The highest BCUT2D eigenvalue weighted by Gasteiger charge is 2.63. The largest absolute Gasteiger partial charge is 0.497 e. The first-order chi connectivity index (χ1) is 15.0. The maximum absolute atomic E-state index is 13.5. The molecule has 3 heterocycles. The Morgan fingerprint density at radius 1 is 0.903 bits per heavy atom. The van der Waals surface area contributed by atoms with Gasteiger partial charge in [0.05, 0.1) is 37.8 Å². The number of fused-ring (bicyclic) bond motifs is 5. The van der Waals surface area contributed by atoms with Crippen LogP contribution in [0.2, 0.25) is 0 Å². The van der Waals surface area contributed by atoms with E-state index in [0.717, 1.165) is 11.3 Å². The van der Waals surface area contributed by atoms with Gasteiger partial charge >= 0.3 is 0 Å². The summed E-state index contributed by atoms with van der Waals surface area (Å²) in [5, 5.41) is 0. The van der Waals surface area contributed by atoms with Crippen LogP contribution in [0.3, 0.4) is 0 Å². The molecule has 0 saturated carbocycles. The zero-order valence-electron chi connectivity index (χ0n) is 17.4. The molecule has 2 fully saturated rings. The minimum absolute atomic E-state index is 0.132. The maximum atomic E-state index is 13.5. The summed E-state index contributed by atoms with van der Waals surface area (Å²) in [7, 11) is 3.15. The lowest BCUT2D eigenvalue weighted by molar-refractivity contribution is -0.126. The summed E-state index contributed by atoms with van der Waals surface area (Å²) in [5.41, 5.74) is 2.22. The van der Waals surface area contributed by atoms with Crippen molar-refractivity contribution in [3.05, 3.63) is 54.1 Å². The number of Topliss-reactive ketones (excluding diaryl/α,β-unsaturated/α-hetero) is 1. The zero-order chi connectivity index (χ0) is 21.9. The molecule has 0 aliphatic carbocycles. The molecule has 7 nitrogen and oxygen atoms in total. The first kappa shape index (κ1) is 19.4. The number of carbonyl (C=O) groups is 3. The molecule has 2 amide bonds. The Labute approximate surface area is 179 Å². The molecule has 0 N–H and O–H groups in total. The molecule has 2 aromatic carbocycles. The molecule has 158 valence electrons. The van der Waals surface area contributed by atoms with Crippen LogP contribution in [0.1, 0.15) is 12.5 Å². The number of rotatable bonds is 4. The van der Waals surface area contributed by atoms with Crippen molar-refractivity contribution in [2.24, 2.45) is 11.8 Å². The highest BCUT2D eigenvalue weighted by molar-refractivity contribution is 6.24. The number of methoxy groups -OCH3 is 2. The first-order valence-corrected chi connectivity index (χ1v) is 10.1. The number of amides is 2. The molecule has 0 radical (unpaired) electrons. The molecule has 5 rings (SSSR count). The lowest BCUT2D eigenvalue weighted by atomic mass is 9.88. The number of ether oxygens (including phenoxy) is 2. The van der Waals surface area contributed by atoms with E-state index in [9.17, 15) is 14.4 Å².